The van der Waals surface area contributed by atoms with Crippen LogP contribution in [0.4, 0.5) is 10.1 Å². The lowest BCUT2D eigenvalue weighted by Crippen LogP contribution is -2.32. The summed E-state index contributed by atoms with van der Waals surface area (Å²) in [5, 5.41) is 3.53. The van der Waals surface area contributed by atoms with Gasteiger partial charge in [0.2, 0.25) is 0 Å². The molecule has 0 bridgehead atoms. The van der Waals surface area contributed by atoms with Crippen LogP contribution < -0.4 is 10.1 Å². The summed E-state index contributed by atoms with van der Waals surface area (Å²) in [6.45, 7) is 10.4. The molecule has 0 aromatic heterocycles. The van der Waals surface area contributed by atoms with Crippen molar-refractivity contribution in [1.82, 2.24) is 0 Å². The number of anilines is 1. The van der Waals surface area contributed by atoms with Crippen molar-refractivity contribution in [3.05, 3.63) is 59.9 Å². The smallest absolute Gasteiger partial charge is 0.135 e. The van der Waals surface area contributed by atoms with Gasteiger partial charge in [-0.1, -0.05) is 18.7 Å². The molecule has 0 fully saturated rings. The van der Waals surface area contributed by atoms with E-state index in [1.54, 1.807) is 6.07 Å². The molecule has 0 atom stereocenters. The number of nitrogens with one attached hydrogen (secondary N) is 1. The number of rotatable bonds is 0. The SMILES string of the molecule is C=C1Oc2ccc(F)cc2-c2ccc3c(c21)C(C)=CC(C)(C)N3. The highest BCUT2D eigenvalue weighted by Gasteiger charge is 2.30. The second kappa shape index (κ2) is 4.48. The van der Waals surface area contributed by atoms with Gasteiger partial charge >= 0.3 is 0 Å². The van der Waals surface area contributed by atoms with E-state index in [-0.39, 0.29) is 11.4 Å². The monoisotopic (exact) mass is 307 g/mol. The second-order valence-electron chi connectivity index (χ2n) is 6.75. The molecule has 0 unspecified atom stereocenters. The Bertz CT molecular complexity index is 893. The standard InChI is InChI=1S/C20H18FNO/c1-11-10-20(3,4)22-16-7-6-14-15-9-13(21)5-8-17(15)23-12(2)19(14)18(11)16/h5-10,22H,2H2,1,3-4H3. The van der Waals surface area contributed by atoms with Gasteiger partial charge in [-0.3, -0.25) is 0 Å². The number of halogens is 1. The lowest BCUT2D eigenvalue weighted by atomic mass is 9.83. The normalized spacial score (nSPS) is 17.2. The number of hydrogen-bond donors (Lipinski definition) is 1. The van der Waals surface area contributed by atoms with Gasteiger partial charge < -0.3 is 10.1 Å². The molecule has 2 aliphatic heterocycles. The Morgan fingerprint density at radius 1 is 1.09 bits per heavy atom. The Morgan fingerprint density at radius 3 is 2.65 bits per heavy atom. The van der Waals surface area contributed by atoms with E-state index in [9.17, 15) is 4.39 Å². The largest absolute Gasteiger partial charge is 0.457 e. The summed E-state index contributed by atoms with van der Waals surface area (Å²) in [4.78, 5) is 0. The van der Waals surface area contributed by atoms with Gasteiger partial charge in [0, 0.05) is 22.4 Å². The van der Waals surface area contributed by atoms with Crippen molar-refractivity contribution < 1.29 is 9.13 Å². The molecular formula is C20H18FNO. The maximum atomic E-state index is 13.7. The van der Waals surface area contributed by atoms with E-state index >= 15 is 0 Å². The van der Waals surface area contributed by atoms with Crippen molar-refractivity contribution in [1.29, 1.82) is 0 Å². The van der Waals surface area contributed by atoms with Crippen LogP contribution >= 0.6 is 0 Å². The zero-order valence-corrected chi connectivity index (χ0v) is 13.5. The van der Waals surface area contributed by atoms with Gasteiger partial charge in [0.15, 0.2) is 0 Å². The quantitative estimate of drug-likeness (QED) is 0.697. The first-order valence-corrected chi connectivity index (χ1v) is 7.68. The number of allylic oxidation sites excluding steroid dienone is 1. The van der Waals surface area contributed by atoms with Gasteiger partial charge in [0.25, 0.3) is 0 Å². The van der Waals surface area contributed by atoms with Gasteiger partial charge in [-0.05, 0) is 56.2 Å². The van der Waals surface area contributed by atoms with Crippen LogP contribution in [0, 0.1) is 5.82 Å². The molecule has 2 aromatic rings. The molecular weight excluding hydrogens is 289 g/mol. The van der Waals surface area contributed by atoms with Crippen molar-refractivity contribution in [2.24, 2.45) is 0 Å². The summed E-state index contributed by atoms with van der Waals surface area (Å²) in [5.41, 5.74) is 5.88. The first kappa shape index (κ1) is 14.1. The molecule has 0 spiro atoms. The predicted molar refractivity (Wildman–Crippen MR) is 92.9 cm³/mol. The maximum Gasteiger partial charge on any atom is 0.135 e. The Kier molecular flexibility index (Phi) is 2.74. The molecule has 3 heteroatoms. The molecule has 0 amide bonds. The highest BCUT2D eigenvalue weighted by atomic mass is 19.1. The minimum atomic E-state index is -0.268. The van der Waals surface area contributed by atoms with E-state index in [0.717, 1.165) is 27.9 Å². The van der Waals surface area contributed by atoms with E-state index in [1.807, 2.05) is 6.07 Å². The van der Waals surface area contributed by atoms with Crippen LogP contribution in [0.25, 0.3) is 22.5 Å². The topological polar surface area (TPSA) is 21.3 Å². The van der Waals surface area contributed by atoms with E-state index in [0.29, 0.717) is 11.5 Å². The van der Waals surface area contributed by atoms with Crippen molar-refractivity contribution in [3.8, 4) is 16.9 Å². The van der Waals surface area contributed by atoms with Gasteiger partial charge in [-0.15, -0.1) is 0 Å². The minimum absolute atomic E-state index is 0.105. The minimum Gasteiger partial charge on any atom is -0.457 e. The average Bonchev–Trinajstić information content (AvgIpc) is 2.46. The first-order chi connectivity index (χ1) is 10.9. The van der Waals surface area contributed by atoms with Crippen molar-refractivity contribution in [3.63, 3.8) is 0 Å². The molecule has 0 radical (unpaired) electrons. The Morgan fingerprint density at radius 2 is 1.87 bits per heavy atom. The van der Waals surface area contributed by atoms with Gasteiger partial charge in [0.05, 0.1) is 5.54 Å². The molecule has 2 nitrogen and oxygen atoms in total. The molecule has 0 aliphatic carbocycles. The number of ether oxygens (including phenoxy) is 1. The van der Waals surface area contributed by atoms with Crippen LogP contribution in [0.2, 0.25) is 0 Å². The summed E-state index contributed by atoms with van der Waals surface area (Å²) >= 11 is 0. The fraction of sp³-hybridized carbons (Fsp3) is 0.200. The first-order valence-electron chi connectivity index (χ1n) is 7.68. The van der Waals surface area contributed by atoms with Crippen LogP contribution in [0.3, 0.4) is 0 Å². The lowest BCUT2D eigenvalue weighted by Gasteiger charge is -2.34. The average molecular weight is 307 g/mol. The zero-order chi connectivity index (χ0) is 16.4. The van der Waals surface area contributed by atoms with Crippen LogP contribution in [0.15, 0.2) is 43.0 Å². The van der Waals surface area contributed by atoms with E-state index < -0.39 is 0 Å². The Balaban J connectivity index is 2.03. The summed E-state index contributed by atoms with van der Waals surface area (Å²) in [5.74, 6) is 0.981. The predicted octanol–water partition coefficient (Wildman–Crippen LogP) is 5.46. The number of hydrogen-bond acceptors (Lipinski definition) is 2. The fourth-order valence-corrected chi connectivity index (χ4v) is 3.61. The van der Waals surface area contributed by atoms with Crippen LogP contribution in [-0.4, -0.2) is 5.54 Å². The molecule has 2 aliphatic rings. The lowest BCUT2D eigenvalue weighted by molar-refractivity contribution is 0.510. The van der Waals surface area contributed by atoms with Crippen molar-refractivity contribution in [2.75, 3.05) is 5.32 Å². The highest BCUT2D eigenvalue weighted by molar-refractivity contribution is 5.97. The van der Waals surface area contributed by atoms with Crippen molar-refractivity contribution >= 4 is 17.0 Å². The summed E-state index contributed by atoms with van der Waals surface area (Å²) in [6.07, 6.45) is 2.20. The third-order valence-corrected chi connectivity index (χ3v) is 4.38. The fourth-order valence-electron chi connectivity index (χ4n) is 3.61. The van der Waals surface area contributed by atoms with E-state index in [1.165, 1.54) is 17.7 Å². The second-order valence-corrected chi connectivity index (χ2v) is 6.75. The third-order valence-electron chi connectivity index (χ3n) is 4.38. The van der Waals surface area contributed by atoms with Gasteiger partial charge in [0.1, 0.15) is 17.3 Å². The Hall–Kier alpha value is -2.55. The maximum absolute atomic E-state index is 13.7. The molecule has 2 heterocycles. The van der Waals surface area contributed by atoms with Gasteiger partial charge in [-0.2, -0.15) is 0 Å². The van der Waals surface area contributed by atoms with Crippen LogP contribution in [-0.2, 0) is 0 Å². The van der Waals surface area contributed by atoms with Gasteiger partial charge in [-0.25, -0.2) is 4.39 Å². The van der Waals surface area contributed by atoms with E-state index in [4.69, 9.17) is 4.74 Å². The Labute approximate surface area is 135 Å². The number of benzene rings is 2. The van der Waals surface area contributed by atoms with Crippen LogP contribution in [0.5, 0.6) is 5.75 Å². The zero-order valence-electron chi connectivity index (χ0n) is 13.5. The molecule has 116 valence electrons. The third kappa shape index (κ3) is 2.07. The van der Waals surface area contributed by atoms with E-state index in [2.05, 4.69) is 44.8 Å². The summed E-state index contributed by atoms with van der Waals surface area (Å²) in [6, 6.07) is 8.65. The summed E-state index contributed by atoms with van der Waals surface area (Å²) < 4.78 is 19.6. The van der Waals surface area contributed by atoms with Crippen LogP contribution in [0.1, 0.15) is 31.9 Å². The molecule has 0 saturated heterocycles. The molecule has 1 N–H and O–H groups in total. The number of fused-ring (bicyclic) bond motifs is 5. The molecule has 23 heavy (non-hydrogen) atoms. The summed E-state index contributed by atoms with van der Waals surface area (Å²) in [7, 11) is 0. The molecule has 4 rings (SSSR count). The molecule has 0 saturated carbocycles. The van der Waals surface area contributed by atoms with Crippen molar-refractivity contribution in [2.45, 2.75) is 26.3 Å². The highest BCUT2D eigenvalue weighted by Crippen LogP contribution is 2.48. The molecule has 2 aromatic carbocycles.